The molecule has 0 aromatic heterocycles. The minimum absolute atomic E-state index is 0.118. The predicted octanol–water partition coefficient (Wildman–Crippen LogP) is 0.472. The molecule has 2 heteroatoms. The Morgan fingerprint density at radius 2 is 2.27 bits per heavy atom. The molecule has 0 bridgehead atoms. The van der Waals surface area contributed by atoms with E-state index in [4.69, 9.17) is 5.11 Å². The lowest BCUT2D eigenvalue weighted by molar-refractivity contribution is -0.00507. The zero-order chi connectivity index (χ0) is 7.90. The van der Waals surface area contributed by atoms with Crippen LogP contribution in [0.25, 0.3) is 0 Å². The van der Waals surface area contributed by atoms with Crippen LogP contribution in [0.5, 0.6) is 0 Å². The van der Waals surface area contributed by atoms with Crippen LogP contribution in [0.3, 0.4) is 0 Å². The van der Waals surface area contributed by atoms with E-state index >= 15 is 0 Å². The molecular formula is C9H12O2. The molecule has 0 aromatic rings. The number of allylic oxidation sites excluding steroid dienone is 2. The normalized spacial score (nSPS) is 46.7. The fourth-order valence-corrected chi connectivity index (χ4v) is 1.97. The van der Waals surface area contributed by atoms with E-state index < -0.39 is 5.60 Å². The topological polar surface area (TPSA) is 40.5 Å². The molecule has 0 radical (unpaired) electrons. The van der Waals surface area contributed by atoms with Gasteiger partial charge in [-0.1, -0.05) is 24.3 Å². The first-order valence-electron chi connectivity index (χ1n) is 3.95. The number of hydrogen-bond acceptors (Lipinski definition) is 2. The molecule has 0 saturated carbocycles. The molecule has 2 nitrogen and oxygen atoms in total. The van der Waals surface area contributed by atoms with E-state index in [9.17, 15) is 5.11 Å². The molecule has 2 aliphatic carbocycles. The molecule has 0 fully saturated rings. The number of aliphatic hydroxyl groups is 2. The molecule has 0 aromatic carbocycles. The van der Waals surface area contributed by atoms with Gasteiger partial charge in [-0.05, 0) is 12.3 Å². The number of hydrogen-bond donors (Lipinski definition) is 2. The van der Waals surface area contributed by atoms with Crippen molar-refractivity contribution in [2.75, 3.05) is 6.61 Å². The molecule has 60 valence electrons. The highest BCUT2D eigenvalue weighted by atomic mass is 16.3. The predicted molar refractivity (Wildman–Crippen MR) is 41.9 cm³/mol. The van der Waals surface area contributed by atoms with Crippen molar-refractivity contribution in [2.45, 2.75) is 12.0 Å². The number of aliphatic hydroxyl groups excluding tert-OH is 1. The highest BCUT2D eigenvalue weighted by Crippen LogP contribution is 2.40. The van der Waals surface area contributed by atoms with E-state index in [1.807, 2.05) is 12.2 Å². The summed E-state index contributed by atoms with van der Waals surface area (Å²) >= 11 is 0. The minimum Gasteiger partial charge on any atom is -0.393 e. The number of rotatable bonds is 1. The van der Waals surface area contributed by atoms with Gasteiger partial charge in [-0.3, -0.25) is 0 Å². The Balaban J connectivity index is 2.26. The Hall–Kier alpha value is -0.600. The van der Waals surface area contributed by atoms with Gasteiger partial charge in [-0.15, -0.1) is 0 Å². The van der Waals surface area contributed by atoms with Crippen LogP contribution < -0.4 is 0 Å². The lowest BCUT2D eigenvalue weighted by atomic mass is 9.88. The lowest BCUT2D eigenvalue weighted by Gasteiger charge is -2.25. The van der Waals surface area contributed by atoms with Crippen LogP contribution in [0.15, 0.2) is 24.3 Å². The van der Waals surface area contributed by atoms with Gasteiger partial charge in [0.15, 0.2) is 0 Å². The molecule has 3 unspecified atom stereocenters. The molecule has 2 N–H and O–H groups in total. The van der Waals surface area contributed by atoms with Crippen LogP contribution in [0.2, 0.25) is 0 Å². The zero-order valence-corrected chi connectivity index (χ0v) is 6.27. The second-order valence-corrected chi connectivity index (χ2v) is 3.36. The Labute approximate surface area is 65.9 Å². The molecular weight excluding hydrogens is 140 g/mol. The molecule has 2 rings (SSSR count). The number of fused-ring (bicyclic) bond motifs is 1. The minimum atomic E-state index is -0.975. The van der Waals surface area contributed by atoms with Gasteiger partial charge in [0, 0.05) is 5.92 Å². The molecule has 0 heterocycles. The highest BCUT2D eigenvalue weighted by molar-refractivity contribution is 5.25. The third-order valence-electron chi connectivity index (χ3n) is 2.68. The van der Waals surface area contributed by atoms with E-state index in [1.165, 1.54) is 0 Å². The third kappa shape index (κ3) is 0.865. The molecule has 2 aliphatic rings. The van der Waals surface area contributed by atoms with Gasteiger partial charge in [-0.25, -0.2) is 0 Å². The summed E-state index contributed by atoms with van der Waals surface area (Å²) in [6, 6.07) is 0. The Morgan fingerprint density at radius 1 is 1.45 bits per heavy atom. The monoisotopic (exact) mass is 152 g/mol. The summed E-state index contributed by atoms with van der Waals surface area (Å²) in [6.45, 7) is -0.172. The fraction of sp³-hybridized carbons (Fsp3) is 0.556. The first kappa shape index (κ1) is 7.07. The Kier molecular flexibility index (Phi) is 1.41. The van der Waals surface area contributed by atoms with Gasteiger partial charge < -0.3 is 10.2 Å². The highest BCUT2D eigenvalue weighted by Gasteiger charge is 2.42. The average molecular weight is 152 g/mol. The van der Waals surface area contributed by atoms with E-state index in [1.54, 1.807) is 6.08 Å². The van der Waals surface area contributed by atoms with Gasteiger partial charge in [-0.2, -0.15) is 0 Å². The Bertz CT molecular complexity index is 220. The van der Waals surface area contributed by atoms with Crippen molar-refractivity contribution < 1.29 is 10.2 Å². The maximum atomic E-state index is 9.78. The summed E-state index contributed by atoms with van der Waals surface area (Å²) in [5.74, 6) is 0.541. The Morgan fingerprint density at radius 3 is 3.00 bits per heavy atom. The smallest absolute Gasteiger partial charge is 0.112 e. The molecule has 0 spiro atoms. The van der Waals surface area contributed by atoms with Crippen molar-refractivity contribution in [1.82, 2.24) is 0 Å². The van der Waals surface area contributed by atoms with Gasteiger partial charge in [0.25, 0.3) is 0 Å². The maximum Gasteiger partial charge on any atom is 0.112 e. The van der Waals surface area contributed by atoms with Crippen LogP contribution in [0, 0.1) is 11.8 Å². The summed E-state index contributed by atoms with van der Waals surface area (Å²) in [5.41, 5.74) is -0.975. The SMILES string of the molecule is OCC1(O)C=CC2CC=CC21. The molecule has 3 atom stereocenters. The van der Waals surface area contributed by atoms with Crippen molar-refractivity contribution in [3.05, 3.63) is 24.3 Å². The fourth-order valence-electron chi connectivity index (χ4n) is 1.97. The van der Waals surface area contributed by atoms with E-state index in [2.05, 4.69) is 6.08 Å². The van der Waals surface area contributed by atoms with Crippen molar-refractivity contribution in [3.63, 3.8) is 0 Å². The van der Waals surface area contributed by atoms with Gasteiger partial charge in [0.05, 0.1) is 6.61 Å². The summed E-state index contributed by atoms with van der Waals surface area (Å²) in [6.07, 6.45) is 8.80. The van der Waals surface area contributed by atoms with Gasteiger partial charge in [0.2, 0.25) is 0 Å². The van der Waals surface area contributed by atoms with Gasteiger partial charge in [0.1, 0.15) is 5.60 Å². The largest absolute Gasteiger partial charge is 0.393 e. The molecule has 11 heavy (non-hydrogen) atoms. The quantitative estimate of drug-likeness (QED) is 0.536. The molecule has 0 saturated heterocycles. The summed E-state index contributed by atoms with van der Waals surface area (Å²) in [7, 11) is 0. The van der Waals surface area contributed by atoms with Crippen LogP contribution in [0.1, 0.15) is 6.42 Å². The van der Waals surface area contributed by atoms with Crippen molar-refractivity contribution in [1.29, 1.82) is 0 Å². The third-order valence-corrected chi connectivity index (χ3v) is 2.68. The van der Waals surface area contributed by atoms with Crippen LogP contribution in [-0.4, -0.2) is 22.4 Å². The van der Waals surface area contributed by atoms with E-state index in [0.717, 1.165) is 6.42 Å². The molecule has 0 amide bonds. The first-order valence-corrected chi connectivity index (χ1v) is 3.95. The first-order chi connectivity index (χ1) is 5.26. The van der Waals surface area contributed by atoms with Crippen molar-refractivity contribution in [3.8, 4) is 0 Å². The van der Waals surface area contributed by atoms with Crippen molar-refractivity contribution >= 4 is 0 Å². The lowest BCUT2D eigenvalue weighted by Crippen LogP contribution is -2.36. The standard InChI is InChI=1S/C9H12O2/c10-6-9(11)5-4-7-2-1-3-8(7)9/h1,3-5,7-8,10-11H,2,6H2. The summed E-state index contributed by atoms with van der Waals surface area (Å²) in [4.78, 5) is 0. The molecule has 0 aliphatic heterocycles. The van der Waals surface area contributed by atoms with Crippen LogP contribution in [-0.2, 0) is 0 Å². The average Bonchev–Trinajstić information content (AvgIpc) is 2.55. The van der Waals surface area contributed by atoms with Gasteiger partial charge >= 0.3 is 0 Å². The summed E-state index contributed by atoms with van der Waals surface area (Å²) < 4.78 is 0. The second-order valence-electron chi connectivity index (χ2n) is 3.36. The van der Waals surface area contributed by atoms with E-state index in [0.29, 0.717) is 5.92 Å². The maximum absolute atomic E-state index is 9.78. The zero-order valence-electron chi connectivity index (χ0n) is 6.27. The second kappa shape index (κ2) is 2.19. The van der Waals surface area contributed by atoms with Crippen LogP contribution in [0.4, 0.5) is 0 Å². The van der Waals surface area contributed by atoms with E-state index in [-0.39, 0.29) is 12.5 Å². The van der Waals surface area contributed by atoms with Crippen molar-refractivity contribution in [2.24, 2.45) is 11.8 Å². The van der Waals surface area contributed by atoms with Crippen LogP contribution >= 0.6 is 0 Å². The summed E-state index contributed by atoms with van der Waals surface area (Å²) in [5, 5.41) is 18.7.